The van der Waals surface area contributed by atoms with Crippen LogP contribution in [0.4, 0.5) is 5.69 Å². The summed E-state index contributed by atoms with van der Waals surface area (Å²) in [6.07, 6.45) is 4.30. The SMILES string of the molecule is O=C(/C=C/c1ccc(C2=NN(c3ccccc3)C(c3ccccc3)C2)cc1)c1ccc(Br)cc1. The van der Waals surface area contributed by atoms with E-state index in [1.807, 2.05) is 66.7 Å². The fraction of sp³-hybridized carbons (Fsp3) is 0.0667. The summed E-state index contributed by atoms with van der Waals surface area (Å²) in [5, 5.41) is 7.13. The van der Waals surface area contributed by atoms with Gasteiger partial charge >= 0.3 is 0 Å². The van der Waals surface area contributed by atoms with Gasteiger partial charge in [0.25, 0.3) is 0 Å². The van der Waals surface area contributed by atoms with Crippen LogP contribution < -0.4 is 5.01 Å². The van der Waals surface area contributed by atoms with Crippen LogP contribution in [0.25, 0.3) is 6.08 Å². The molecule has 1 unspecified atom stereocenters. The van der Waals surface area contributed by atoms with E-state index in [1.165, 1.54) is 5.56 Å². The molecule has 4 heteroatoms. The molecule has 3 nitrogen and oxygen atoms in total. The highest BCUT2D eigenvalue weighted by atomic mass is 79.9. The topological polar surface area (TPSA) is 32.7 Å². The fourth-order valence-corrected chi connectivity index (χ4v) is 4.37. The van der Waals surface area contributed by atoms with Gasteiger partial charge < -0.3 is 0 Å². The van der Waals surface area contributed by atoms with Crippen molar-refractivity contribution in [2.75, 3.05) is 5.01 Å². The largest absolute Gasteiger partial charge is 0.289 e. The molecular formula is C30H23BrN2O. The summed E-state index contributed by atoms with van der Waals surface area (Å²) >= 11 is 3.40. The minimum atomic E-state index is -0.0130. The smallest absolute Gasteiger partial charge is 0.185 e. The van der Waals surface area contributed by atoms with Gasteiger partial charge in [0.1, 0.15) is 0 Å². The summed E-state index contributed by atoms with van der Waals surface area (Å²) in [7, 11) is 0. The molecule has 0 saturated heterocycles. The quantitative estimate of drug-likeness (QED) is 0.198. The number of benzene rings is 4. The van der Waals surface area contributed by atoms with Crippen molar-refractivity contribution in [1.29, 1.82) is 0 Å². The van der Waals surface area contributed by atoms with Crippen molar-refractivity contribution in [3.05, 3.63) is 142 Å². The Kier molecular flexibility index (Phi) is 6.50. The molecule has 1 atom stereocenters. The first-order valence-electron chi connectivity index (χ1n) is 11.2. The van der Waals surface area contributed by atoms with Crippen molar-refractivity contribution in [3.63, 3.8) is 0 Å². The van der Waals surface area contributed by atoms with Gasteiger partial charge in [0.2, 0.25) is 0 Å². The maximum Gasteiger partial charge on any atom is 0.185 e. The fourth-order valence-electron chi connectivity index (χ4n) is 4.11. The van der Waals surface area contributed by atoms with E-state index in [0.29, 0.717) is 5.56 Å². The summed E-state index contributed by atoms with van der Waals surface area (Å²) in [4.78, 5) is 12.4. The average molecular weight is 507 g/mol. The van der Waals surface area contributed by atoms with Crippen molar-refractivity contribution in [2.45, 2.75) is 12.5 Å². The predicted octanol–water partition coefficient (Wildman–Crippen LogP) is 7.70. The van der Waals surface area contributed by atoms with Crippen molar-refractivity contribution < 1.29 is 4.79 Å². The van der Waals surface area contributed by atoms with Crippen molar-refractivity contribution in [2.24, 2.45) is 5.10 Å². The lowest BCUT2D eigenvalue weighted by Gasteiger charge is -2.23. The molecule has 0 aromatic heterocycles. The molecule has 0 radical (unpaired) electrons. The lowest BCUT2D eigenvalue weighted by atomic mass is 9.97. The molecular weight excluding hydrogens is 484 g/mol. The molecule has 4 aromatic carbocycles. The van der Waals surface area contributed by atoms with Gasteiger partial charge in [0.05, 0.1) is 17.4 Å². The number of carbonyl (C=O) groups excluding carboxylic acids is 1. The van der Waals surface area contributed by atoms with E-state index in [9.17, 15) is 4.79 Å². The minimum Gasteiger partial charge on any atom is -0.289 e. The first-order valence-corrected chi connectivity index (χ1v) is 12.0. The Hall–Kier alpha value is -3.76. The molecule has 1 aliphatic rings. The second-order valence-corrected chi connectivity index (χ2v) is 9.10. The molecule has 0 N–H and O–H groups in total. The Morgan fingerprint density at radius 1 is 0.824 bits per heavy atom. The van der Waals surface area contributed by atoms with Crippen LogP contribution in [0.5, 0.6) is 0 Å². The summed E-state index contributed by atoms with van der Waals surface area (Å²) in [6, 6.07) is 36.6. The van der Waals surface area contributed by atoms with E-state index in [-0.39, 0.29) is 11.8 Å². The molecule has 34 heavy (non-hydrogen) atoms. The number of allylic oxidation sites excluding steroid dienone is 1. The van der Waals surface area contributed by atoms with Crippen LogP contribution in [0, 0.1) is 0 Å². The summed E-state index contributed by atoms with van der Waals surface area (Å²) in [6.45, 7) is 0. The molecule has 0 aliphatic carbocycles. The molecule has 166 valence electrons. The molecule has 0 spiro atoms. The number of anilines is 1. The Morgan fingerprint density at radius 2 is 1.47 bits per heavy atom. The highest BCUT2D eigenvalue weighted by molar-refractivity contribution is 9.10. The molecule has 1 aliphatic heterocycles. The van der Waals surface area contributed by atoms with Crippen molar-refractivity contribution in [1.82, 2.24) is 0 Å². The monoisotopic (exact) mass is 506 g/mol. The number of rotatable bonds is 6. The normalized spacial score (nSPS) is 15.5. The third-order valence-corrected chi connectivity index (χ3v) is 6.44. The Bertz CT molecular complexity index is 1330. The molecule has 4 aromatic rings. The molecule has 5 rings (SSSR count). The zero-order chi connectivity index (χ0) is 23.3. The van der Waals surface area contributed by atoms with Gasteiger partial charge in [-0.1, -0.05) is 94.8 Å². The van der Waals surface area contributed by atoms with E-state index in [1.54, 1.807) is 6.08 Å². The van der Waals surface area contributed by atoms with Gasteiger partial charge in [0.15, 0.2) is 5.78 Å². The third-order valence-electron chi connectivity index (χ3n) is 5.92. The van der Waals surface area contributed by atoms with Gasteiger partial charge in [-0.25, -0.2) is 0 Å². The number of hydrogen-bond donors (Lipinski definition) is 0. The molecule has 1 heterocycles. The van der Waals surface area contributed by atoms with Gasteiger partial charge in [-0.2, -0.15) is 5.10 Å². The highest BCUT2D eigenvalue weighted by Gasteiger charge is 2.29. The number of carbonyl (C=O) groups is 1. The third kappa shape index (κ3) is 4.92. The van der Waals surface area contributed by atoms with Crippen molar-refractivity contribution >= 4 is 39.2 Å². The maximum atomic E-state index is 12.4. The van der Waals surface area contributed by atoms with E-state index in [4.69, 9.17) is 5.10 Å². The van der Waals surface area contributed by atoms with Crippen LogP contribution in [0.15, 0.2) is 125 Å². The summed E-state index contributed by atoms with van der Waals surface area (Å²) in [5.74, 6) is -0.0130. The van der Waals surface area contributed by atoms with Crippen LogP contribution in [0.3, 0.4) is 0 Å². The van der Waals surface area contributed by atoms with Crippen LogP contribution in [-0.4, -0.2) is 11.5 Å². The standard InChI is InChI=1S/C30H23BrN2O/c31-26-18-16-25(17-19-26)30(34)20-13-22-11-14-23(15-12-22)28-21-29(24-7-3-1-4-8-24)33(32-28)27-9-5-2-6-10-27/h1-20,29H,21H2/b20-13+. The minimum absolute atomic E-state index is 0.0130. The Morgan fingerprint density at radius 3 is 2.15 bits per heavy atom. The van der Waals surface area contributed by atoms with E-state index in [0.717, 1.165) is 33.4 Å². The number of ketones is 1. The molecule has 0 saturated carbocycles. The van der Waals surface area contributed by atoms with Gasteiger partial charge in [-0.3, -0.25) is 9.80 Å². The van der Waals surface area contributed by atoms with Gasteiger partial charge in [-0.15, -0.1) is 0 Å². The Balaban J connectivity index is 1.36. The number of halogens is 1. The summed E-state index contributed by atoms with van der Waals surface area (Å²) in [5.41, 5.74) is 6.13. The van der Waals surface area contributed by atoms with Crippen LogP contribution in [-0.2, 0) is 0 Å². The molecule has 0 amide bonds. The zero-order valence-electron chi connectivity index (χ0n) is 18.5. The summed E-state index contributed by atoms with van der Waals surface area (Å²) < 4.78 is 0.957. The number of nitrogens with zero attached hydrogens (tertiary/aromatic N) is 2. The maximum absolute atomic E-state index is 12.4. The highest BCUT2D eigenvalue weighted by Crippen LogP contribution is 2.36. The average Bonchev–Trinajstić information content (AvgIpc) is 3.35. The van der Waals surface area contributed by atoms with Crippen LogP contribution in [0.1, 0.15) is 39.5 Å². The van der Waals surface area contributed by atoms with E-state index < -0.39 is 0 Å². The lowest BCUT2D eigenvalue weighted by Crippen LogP contribution is -2.18. The first kappa shape index (κ1) is 22.1. The van der Waals surface area contributed by atoms with E-state index in [2.05, 4.69) is 69.5 Å². The number of para-hydroxylation sites is 1. The van der Waals surface area contributed by atoms with Crippen molar-refractivity contribution in [3.8, 4) is 0 Å². The second-order valence-electron chi connectivity index (χ2n) is 8.18. The molecule has 0 bridgehead atoms. The van der Waals surface area contributed by atoms with Gasteiger partial charge in [0, 0.05) is 16.5 Å². The number of hydrazone groups is 1. The van der Waals surface area contributed by atoms with Crippen LogP contribution in [0.2, 0.25) is 0 Å². The predicted molar refractivity (Wildman–Crippen MR) is 143 cm³/mol. The van der Waals surface area contributed by atoms with Crippen LogP contribution >= 0.6 is 15.9 Å². The lowest BCUT2D eigenvalue weighted by molar-refractivity contribution is 0.104. The second kappa shape index (κ2) is 10.0. The zero-order valence-corrected chi connectivity index (χ0v) is 20.1. The number of hydrogen-bond acceptors (Lipinski definition) is 3. The van der Waals surface area contributed by atoms with E-state index >= 15 is 0 Å². The first-order chi connectivity index (χ1) is 16.7. The van der Waals surface area contributed by atoms with Gasteiger partial charge in [-0.05, 0) is 59.2 Å². The molecule has 0 fully saturated rings. The Labute approximate surface area is 208 Å².